The van der Waals surface area contributed by atoms with Gasteiger partial charge >= 0.3 is 0 Å². The number of carbonyl (C=O) groups is 1. The molecular weight excluding hydrogens is 354 g/mol. The third kappa shape index (κ3) is 6.17. The van der Waals surface area contributed by atoms with Gasteiger partial charge in [0.15, 0.2) is 0 Å². The largest absolute Gasteiger partial charge is 0.491 e. The van der Waals surface area contributed by atoms with E-state index in [0.29, 0.717) is 12.2 Å². The van der Waals surface area contributed by atoms with E-state index in [1.165, 1.54) is 6.42 Å². The maximum absolute atomic E-state index is 12.3. The monoisotopic (exact) mass is 383 g/mol. The van der Waals surface area contributed by atoms with Gasteiger partial charge in [0, 0.05) is 10.5 Å². The van der Waals surface area contributed by atoms with Crippen molar-refractivity contribution in [3.63, 3.8) is 0 Å². The Morgan fingerprint density at radius 1 is 1.15 bits per heavy atom. The number of thioether (sulfide) groups is 1. The standard InChI is InChI=1S/C20H21NO2S.C3H8/c1-13(2)23-14(3)16-10-8-15(9-11-16)12-19-20(22)21-17-6-4-5-7-18(17)24-19;1-3-2/h4-11,13,19H,3,12H2,1-2H3,(H,21,22);3H2,1-2H3. The van der Waals surface area contributed by atoms with Crippen LogP contribution < -0.4 is 5.32 Å². The predicted octanol–water partition coefficient (Wildman–Crippen LogP) is 6.15. The summed E-state index contributed by atoms with van der Waals surface area (Å²) in [5.41, 5.74) is 3.00. The zero-order valence-electron chi connectivity index (χ0n) is 16.6. The molecule has 0 saturated carbocycles. The van der Waals surface area contributed by atoms with Gasteiger partial charge in [0.25, 0.3) is 0 Å². The molecule has 1 amide bonds. The fourth-order valence-electron chi connectivity index (χ4n) is 2.62. The van der Waals surface area contributed by atoms with Gasteiger partial charge in [-0.2, -0.15) is 0 Å². The minimum Gasteiger partial charge on any atom is -0.491 e. The molecule has 0 saturated heterocycles. The Kier molecular flexibility index (Phi) is 7.99. The zero-order chi connectivity index (χ0) is 19.8. The quantitative estimate of drug-likeness (QED) is 0.629. The van der Waals surface area contributed by atoms with E-state index in [1.54, 1.807) is 11.8 Å². The van der Waals surface area contributed by atoms with Crippen molar-refractivity contribution in [2.24, 2.45) is 0 Å². The van der Waals surface area contributed by atoms with E-state index in [9.17, 15) is 4.79 Å². The number of nitrogens with one attached hydrogen (secondary N) is 1. The van der Waals surface area contributed by atoms with Crippen LogP contribution in [-0.2, 0) is 16.0 Å². The second kappa shape index (κ2) is 10.2. The van der Waals surface area contributed by atoms with Crippen LogP contribution in [0.3, 0.4) is 0 Å². The summed E-state index contributed by atoms with van der Waals surface area (Å²) in [6.45, 7) is 12.2. The zero-order valence-corrected chi connectivity index (χ0v) is 17.4. The molecule has 0 fully saturated rings. The number of hydrogen-bond donors (Lipinski definition) is 1. The highest BCUT2D eigenvalue weighted by molar-refractivity contribution is 8.01. The molecule has 2 aromatic carbocycles. The first-order chi connectivity index (χ1) is 12.9. The molecule has 1 heterocycles. The first-order valence-corrected chi connectivity index (χ1v) is 10.3. The molecule has 0 aliphatic carbocycles. The summed E-state index contributed by atoms with van der Waals surface area (Å²) in [6, 6.07) is 16.0. The van der Waals surface area contributed by atoms with Gasteiger partial charge in [-0.15, -0.1) is 11.8 Å². The van der Waals surface area contributed by atoms with Gasteiger partial charge in [0.2, 0.25) is 5.91 Å². The molecule has 27 heavy (non-hydrogen) atoms. The SMILES string of the molecule is C=C(OC(C)C)c1ccc(CC2Sc3ccccc3NC2=O)cc1.CCC. The molecule has 0 radical (unpaired) electrons. The highest BCUT2D eigenvalue weighted by Crippen LogP contribution is 2.36. The van der Waals surface area contributed by atoms with Gasteiger partial charge in [-0.1, -0.05) is 63.2 Å². The third-order valence-corrected chi connectivity index (χ3v) is 5.06. The topological polar surface area (TPSA) is 38.3 Å². The van der Waals surface area contributed by atoms with Gasteiger partial charge in [-0.25, -0.2) is 0 Å². The smallest absolute Gasteiger partial charge is 0.238 e. The van der Waals surface area contributed by atoms with Crippen LogP contribution in [0.25, 0.3) is 5.76 Å². The molecule has 1 aliphatic rings. The van der Waals surface area contributed by atoms with Crippen LogP contribution in [0, 0.1) is 0 Å². The van der Waals surface area contributed by atoms with Crippen LogP contribution in [0.5, 0.6) is 0 Å². The summed E-state index contributed by atoms with van der Waals surface area (Å²) >= 11 is 1.62. The Balaban J connectivity index is 0.000000817. The van der Waals surface area contributed by atoms with Gasteiger partial charge < -0.3 is 10.1 Å². The molecule has 1 unspecified atom stereocenters. The van der Waals surface area contributed by atoms with Crippen molar-refractivity contribution in [2.45, 2.75) is 56.8 Å². The number of amides is 1. The molecule has 1 atom stereocenters. The van der Waals surface area contributed by atoms with Gasteiger partial charge in [-0.3, -0.25) is 4.79 Å². The van der Waals surface area contributed by atoms with E-state index in [4.69, 9.17) is 4.74 Å². The summed E-state index contributed by atoms with van der Waals surface area (Å²) < 4.78 is 5.62. The molecule has 144 valence electrons. The lowest BCUT2D eigenvalue weighted by Gasteiger charge is -2.24. The molecular formula is C23H29NO2S. The van der Waals surface area contributed by atoms with E-state index in [-0.39, 0.29) is 17.3 Å². The van der Waals surface area contributed by atoms with Crippen molar-refractivity contribution < 1.29 is 9.53 Å². The number of fused-ring (bicyclic) bond motifs is 1. The average Bonchev–Trinajstić information content (AvgIpc) is 2.63. The van der Waals surface area contributed by atoms with Crippen molar-refractivity contribution in [3.8, 4) is 0 Å². The van der Waals surface area contributed by atoms with Crippen LogP contribution >= 0.6 is 11.8 Å². The summed E-state index contributed by atoms with van der Waals surface area (Å²) in [4.78, 5) is 13.4. The lowest BCUT2D eigenvalue weighted by atomic mass is 10.1. The molecule has 1 N–H and O–H groups in total. The molecule has 2 aromatic rings. The molecule has 3 rings (SSSR count). The van der Waals surface area contributed by atoms with Crippen LogP contribution in [-0.4, -0.2) is 17.3 Å². The van der Waals surface area contributed by atoms with Crippen molar-refractivity contribution in [2.75, 3.05) is 5.32 Å². The van der Waals surface area contributed by atoms with E-state index < -0.39 is 0 Å². The maximum atomic E-state index is 12.3. The van der Waals surface area contributed by atoms with E-state index >= 15 is 0 Å². The summed E-state index contributed by atoms with van der Waals surface area (Å²) in [7, 11) is 0. The maximum Gasteiger partial charge on any atom is 0.238 e. The van der Waals surface area contributed by atoms with Gasteiger partial charge in [-0.05, 0) is 38.0 Å². The lowest BCUT2D eigenvalue weighted by Crippen LogP contribution is -2.30. The van der Waals surface area contributed by atoms with E-state index in [1.807, 2.05) is 62.4 Å². The molecule has 1 aliphatic heterocycles. The Bertz CT molecular complexity index is 768. The molecule has 4 heteroatoms. The second-order valence-electron chi connectivity index (χ2n) is 6.79. The Morgan fingerprint density at radius 3 is 2.41 bits per heavy atom. The van der Waals surface area contributed by atoms with Crippen LogP contribution in [0.1, 0.15) is 45.2 Å². The van der Waals surface area contributed by atoms with Crippen molar-refractivity contribution in [1.29, 1.82) is 0 Å². The lowest BCUT2D eigenvalue weighted by molar-refractivity contribution is -0.115. The Labute approximate surface area is 167 Å². The second-order valence-corrected chi connectivity index (χ2v) is 8.03. The highest BCUT2D eigenvalue weighted by atomic mass is 32.2. The summed E-state index contributed by atoms with van der Waals surface area (Å²) in [6.07, 6.45) is 2.06. The first kappa shape index (κ1) is 21.1. The number of rotatable bonds is 5. The molecule has 0 spiro atoms. The third-order valence-electron chi connectivity index (χ3n) is 3.78. The van der Waals surface area contributed by atoms with Crippen LogP contribution in [0.15, 0.2) is 60.0 Å². The van der Waals surface area contributed by atoms with Crippen molar-refractivity contribution in [3.05, 3.63) is 66.2 Å². The highest BCUT2D eigenvalue weighted by Gasteiger charge is 2.26. The number of ether oxygens (including phenoxy) is 1. The minimum atomic E-state index is -0.110. The van der Waals surface area contributed by atoms with Crippen LogP contribution in [0.4, 0.5) is 5.69 Å². The molecule has 3 nitrogen and oxygen atoms in total. The molecule has 0 aromatic heterocycles. The fraction of sp³-hybridized carbons (Fsp3) is 0.348. The number of carbonyl (C=O) groups excluding carboxylic acids is 1. The summed E-state index contributed by atoms with van der Waals surface area (Å²) in [5, 5.41) is 2.88. The van der Waals surface area contributed by atoms with Gasteiger partial charge in [0.05, 0.1) is 17.0 Å². The fourth-order valence-corrected chi connectivity index (χ4v) is 3.77. The van der Waals surface area contributed by atoms with Crippen LogP contribution in [0.2, 0.25) is 0 Å². The average molecular weight is 384 g/mol. The number of anilines is 1. The molecule has 0 bridgehead atoms. The first-order valence-electron chi connectivity index (χ1n) is 9.46. The number of benzene rings is 2. The van der Waals surface area contributed by atoms with Crippen molar-refractivity contribution in [1.82, 2.24) is 0 Å². The van der Waals surface area contributed by atoms with E-state index in [0.717, 1.165) is 21.7 Å². The summed E-state index contributed by atoms with van der Waals surface area (Å²) in [5.74, 6) is 0.741. The van der Waals surface area contributed by atoms with Gasteiger partial charge in [0.1, 0.15) is 5.76 Å². The minimum absolute atomic E-state index is 0.0651. The normalized spacial score (nSPS) is 15.3. The predicted molar refractivity (Wildman–Crippen MR) is 116 cm³/mol. The van der Waals surface area contributed by atoms with Crippen molar-refractivity contribution >= 4 is 29.1 Å². The number of hydrogen-bond acceptors (Lipinski definition) is 3. The Hall–Kier alpha value is -2.20. The van der Waals surface area contributed by atoms with E-state index in [2.05, 4.69) is 25.7 Å². The number of para-hydroxylation sites is 1. The Morgan fingerprint density at radius 2 is 1.78 bits per heavy atom.